The smallest absolute Gasteiger partial charge is 0.0697 e. The molecule has 80 valence electrons. The van der Waals surface area contributed by atoms with Crippen molar-refractivity contribution in [2.24, 2.45) is 10.9 Å². The number of rotatable bonds is 4. The first kappa shape index (κ1) is 11.7. The predicted octanol–water partition coefficient (Wildman–Crippen LogP) is 4.25. The van der Waals surface area contributed by atoms with Gasteiger partial charge in [-0.15, -0.1) is 0 Å². The van der Waals surface area contributed by atoms with Gasteiger partial charge in [0.05, 0.1) is 5.69 Å². The molecule has 0 aromatic heterocycles. The van der Waals surface area contributed by atoms with E-state index in [0.29, 0.717) is 5.92 Å². The summed E-state index contributed by atoms with van der Waals surface area (Å²) in [6.45, 7) is 10.1. The van der Waals surface area contributed by atoms with Crippen molar-refractivity contribution in [1.82, 2.24) is 0 Å². The Labute approximate surface area is 92.6 Å². The summed E-state index contributed by atoms with van der Waals surface area (Å²) in [5.41, 5.74) is 3.45. The van der Waals surface area contributed by atoms with Crippen molar-refractivity contribution in [3.8, 4) is 0 Å². The highest BCUT2D eigenvalue weighted by Gasteiger charge is 2.01. The average Bonchev–Trinajstić information content (AvgIpc) is 2.20. The van der Waals surface area contributed by atoms with E-state index in [9.17, 15) is 0 Å². The van der Waals surface area contributed by atoms with E-state index in [2.05, 4.69) is 49.8 Å². The second-order valence-electron chi connectivity index (χ2n) is 4.15. The predicted molar refractivity (Wildman–Crippen MR) is 68.9 cm³/mol. The molecule has 0 N–H and O–H groups in total. The lowest BCUT2D eigenvalue weighted by Crippen LogP contribution is -1.93. The summed E-state index contributed by atoms with van der Waals surface area (Å²) >= 11 is 0. The lowest BCUT2D eigenvalue weighted by molar-refractivity contribution is 0.647. The van der Waals surface area contributed by atoms with Crippen molar-refractivity contribution in [2.75, 3.05) is 0 Å². The van der Waals surface area contributed by atoms with Crippen molar-refractivity contribution < 1.29 is 0 Å². The van der Waals surface area contributed by atoms with Crippen molar-refractivity contribution in [3.05, 3.63) is 35.4 Å². The van der Waals surface area contributed by atoms with E-state index < -0.39 is 0 Å². The van der Waals surface area contributed by atoms with Gasteiger partial charge in [0.2, 0.25) is 0 Å². The Morgan fingerprint density at radius 3 is 2.67 bits per heavy atom. The van der Waals surface area contributed by atoms with E-state index in [4.69, 9.17) is 0 Å². The van der Waals surface area contributed by atoms with Gasteiger partial charge in [0.15, 0.2) is 0 Å². The number of nitrogens with zero attached hydrogens (tertiary/aromatic N) is 1. The molecule has 0 saturated carbocycles. The molecule has 1 aromatic rings. The Hall–Kier alpha value is -1.37. The van der Waals surface area contributed by atoms with Crippen LogP contribution in [0.3, 0.4) is 0 Å². The molecule has 0 unspecified atom stereocenters. The van der Waals surface area contributed by atoms with Gasteiger partial charge in [-0.25, -0.2) is 0 Å². The fourth-order valence-corrected chi connectivity index (χ4v) is 1.65. The summed E-state index contributed by atoms with van der Waals surface area (Å²) in [6.07, 6.45) is 5.17. The molecule has 0 bridgehead atoms. The van der Waals surface area contributed by atoms with Gasteiger partial charge in [0.1, 0.15) is 0 Å². The third kappa shape index (κ3) is 3.35. The summed E-state index contributed by atoms with van der Waals surface area (Å²) < 4.78 is 0. The minimum atomic E-state index is 0.676. The van der Waals surface area contributed by atoms with Crippen LogP contribution in [0.5, 0.6) is 0 Å². The molecule has 0 heterocycles. The summed E-state index contributed by atoms with van der Waals surface area (Å²) in [6, 6.07) is 6.41. The molecule has 1 nitrogen and oxygen atoms in total. The molecule has 0 radical (unpaired) electrons. The van der Waals surface area contributed by atoms with Gasteiger partial charge in [0.25, 0.3) is 0 Å². The number of hydrogen-bond donors (Lipinski definition) is 0. The second-order valence-corrected chi connectivity index (χ2v) is 4.15. The van der Waals surface area contributed by atoms with Gasteiger partial charge in [0, 0.05) is 0 Å². The quantitative estimate of drug-likeness (QED) is 0.646. The van der Waals surface area contributed by atoms with Crippen LogP contribution in [0.15, 0.2) is 29.3 Å². The summed E-state index contributed by atoms with van der Waals surface area (Å²) in [5, 5.41) is 0. The normalized spacial score (nSPS) is 11.2. The van der Waals surface area contributed by atoms with Gasteiger partial charge in [-0.05, 0) is 43.2 Å². The third-order valence-electron chi connectivity index (χ3n) is 2.26. The number of hydrogen-bond acceptors (Lipinski definition) is 1. The zero-order valence-corrected chi connectivity index (χ0v) is 9.83. The highest BCUT2D eigenvalue weighted by atomic mass is 14.7. The van der Waals surface area contributed by atoms with Gasteiger partial charge in [-0.1, -0.05) is 38.1 Å². The maximum Gasteiger partial charge on any atom is 0.0697 e. The molecule has 0 saturated heterocycles. The van der Waals surface area contributed by atoms with Crippen LogP contribution in [0, 0.1) is 5.92 Å². The van der Waals surface area contributed by atoms with Crippen LogP contribution in [-0.4, -0.2) is 6.72 Å². The van der Waals surface area contributed by atoms with Gasteiger partial charge < -0.3 is 0 Å². The van der Waals surface area contributed by atoms with E-state index in [1.54, 1.807) is 0 Å². The van der Waals surface area contributed by atoms with E-state index >= 15 is 0 Å². The Kier molecular flexibility index (Phi) is 4.29. The number of aliphatic imine (C=N–C) groups is 1. The van der Waals surface area contributed by atoms with Crippen LogP contribution in [0.25, 0.3) is 6.08 Å². The van der Waals surface area contributed by atoms with E-state index in [-0.39, 0.29) is 0 Å². The first-order chi connectivity index (χ1) is 7.17. The SMILES string of the molecule is C=Nc1cc(CC(C)C)ccc1/C=C\C. The van der Waals surface area contributed by atoms with Crippen LogP contribution >= 0.6 is 0 Å². The maximum atomic E-state index is 4.06. The Morgan fingerprint density at radius 1 is 1.40 bits per heavy atom. The number of benzene rings is 1. The Morgan fingerprint density at radius 2 is 2.13 bits per heavy atom. The lowest BCUT2D eigenvalue weighted by Gasteiger charge is -2.07. The first-order valence-electron chi connectivity index (χ1n) is 5.39. The van der Waals surface area contributed by atoms with E-state index in [0.717, 1.165) is 17.7 Å². The van der Waals surface area contributed by atoms with Crippen molar-refractivity contribution >= 4 is 18.5 Å². The highest BCUT2D eigenvalue weighted by Crippen LogP contribution is 2.23. The van der Waals surface area contributed by atoms with Crippen LogP contribution in [0.2, 0.25) is 0 Å². The molecule has 1 aromatic carbocycles. The molecule has 1 heteroatoms. The lowest BCUT2D eigenvalue weighted by atomic mass is 10.0. The standard InChI is InChI=1S/C14H19N/c1-5-6-13-8-7-12(9-11(2)3)10-14(13)15-4/h5-8,10-11H,4,9H2,1-3H3/b6-5-. The van der Waals surface area contributed by atoms with E-state index in [1.165, 1.54) is 5.56 Å². The Bertz CT molecular complexity index is 362. The molecule has 0 amide bonds. The monoisotopic (exact) mass is 201 g/mol. The topological polar surface area (TPSA) is 12.4 Å². The molecular weight excluding hydrogens is 182 g/mol. The molecule has 0 aliphatic rings. The molecule has 0 aliphatic heterocycles. The average molecular weight is 201 g/mol. The molecule has 0 spiro atoms. The minimum absolute atomic E-state index is 0.676. The maximum absolute atomic E-state index is 4.06. The number of allylic oxidation sites excluding steroid dienone is 1. The first-order valence-corrected chi connectivity index (χ1v) is 5.39. The largest absolute Gasteiger partial charge is 0.264 e. The zero-order valence-electron chi connectivity index (χ0n) is 9.83. The van der Waals surface area contributed by atoms with Crippen LogP contribution < -0.4 is 0 Å². The molecule has 0 fully saturated rings. The molecule has 15 heavy (non-hydrogen) atoms. The highest BCUT2D eigenvalue weighted by molar-refractivity contribution is 5.66. The van der Waals surface area contributed by atoms with Crippen molar-refractivity contribution in [3.63, 3.8) is 0 Å². The van der Waals surface area contributed by atoms with Crippen molar-refractivity contribution in [1.29, 1.82) is 0 Å². The Balaban J connectivity index is 3.01. The molecule has 0 atom stereocenters. The molecule has 0 aliphatic carbocycles. The van der Waals surface area contributed by atoms with E-state index in [1.807, 2.05) is 13.0 Å². The molecule has 1 rings (SSSR count). The minimum Gasteiger partial charge on any atom is -0.264 e. The molecular formula is C14H19N. The van der Waals surface area contributed by atoms with Gasteiger partial charge in [-0.2, -0.15) is 0 Å². The fourth-order valence-electron chi connectivity index (χ4n) is 1.65. The van der Waals surface area contributed by atoms with Crippen LogP contribution in [0.4, 0.5) is 5.69 Å². The summed E-state index contributed by atoms with van der Waals surface area (Å²) in [5.74, 6) is 0.676. The van der Waals surface area contributed by atoms with Crippen molar-refractivity contribution in [2.45, 2.75) is 27.2 Å². The van der Waals surface area contributed by atoms with Gasteiger partial charge >= 0.3 is 0 Å². The zero-order chi connectivity index (χ0) is 11.3. The third-order valence-corrected chi connectivity index (χ3v) is 2.26. The fraction of sp³-hybridized carbons (Fsp3) is 0.357. The summed E-state index contributed by atoms with van der Waals surface area (Å²) in [4.78, 5) is 4.06. The summed E-state index contributed by atoms with van der Waals surface area (Å²) in [7, 11) is 0. The van der Waals surface area contributed by atoms with Crippen LogP contribution in [0.1, 0.15) is 31.9 Å². The van der Waals surface area contributed by atoms with Gasteiger partial charge in [-0.3, -0.25) is 4.99 Å². The second kappa shape index (κ2) is 5.50. The van der Waals surface area contributed by atoms with Crippen LogP contribution in [-0.2, 0) is 6.42 Å².